The smallest absolute Gasteiger partial charge is 0.283 e. The summed E-state index contributed by atoms with van der Waals surface area (Å²) < 4.78 is 1.88. The Kier molecular flexibility index (Phi) is 5.34. The molecule has 0 spiro atoms. The van der Waals surface area contributed by atoms with Crippen molar-refractivity contribution in [2.24, 2.45) is 0 Å². The Morgan fingerprint density at radius 1 is 1.56 bits per heavy atom. The molecule has 0 saturated heterocycles. The van der Waals surface area contributed by atoms with Crippen LogP contribution >= 0.6 is 15.9 Å². The van der Waals surface area contributed by atoms with Crippen LogP contribution in [0, 0.1) is 0 Å². The van der Waals surface area contributed by atoms with E-state index in [1.165, 1.54) is 4.68 Å². The molecule has 0 bridgehead atoms. The Hall–Kier alpha value is -0.880. The topological polar surface area (TPSA) is 67.2 Å². The van der Waals surface area contributed by atoms with E-state index in [0.717, 1.165) is 6.42 Å². The van der Waals surface area contributed by atoms with Crippen molar-refractivity contribution in [3.05, 3.63) is 21.0 Å². The van der Waals surface area contributed by atoms with Crippen LogP contribution in [0.2, 0.25) is 0 Å². The summed E-state index contributed by atoms with van der Waals surface area (Å²) in [6.45, 7) is 6.57. The maximum atomic E-state index is 11.9. The first-order chi connectivity index (χ1) is 8.47. The van der Waals surface area contributed by atoms with Crippen LogP contribution in [0.3, 0.4) is 0 Å². The van der Waals surface area contributed by atoms with E-state index < -0.39 is 0 Å². The quantitative estimate of drug-likeness (QED) is 0.842. The molecule has 0 radical (unpaired) electrons. The van der Waals surface area contributed by atoms with E-state index in [1.54, 1.807) is 6.20 Å². The summed E-state index contributed by atoms with van der Waals surface area (Å²) in [5.41, 5.74) is 0.275. The van der Waals surface area contributed by atoms with Crippen molar-refractivity contribution >= 4 is 21.6 Å². The van der Waals surface area contributed by atoms with E-state index in [-0.39, 0.29) is 17.7 Å². The van der Waals surface area contributed by atoms with Gasteiger partial charge in [0.05, 0.1) is 11.9 Å². The van der Waals surface area contributed by atoms with Crippen LogP contribution in [0.1, 0.15) is 33.6 Å². The molecule has 0 aliphatic carbocycles. The largest absolute Gasteiger partial charge is 0.396 e. The summed E-state index contributed by atoms with van der Waals surface area (Å²) in [6, 6.07) is 0. The van der Waals surface area contributed by atoms with Crippen molar-refractivity contribution in [2.75, 3.05) is 11.9 Å². The second-order valence-corrected chi connectivity index (χ2v) is 5.30. The SMILES string of the molecule is CCn1ncc(NC(C)(CC)CCO)c(Br)c1=O. The van der Waals surface area contributed by atoms with Gasteiger partial charge in [0.2, 0.25) is 0 Å². The summed E-state index contributed by atoms with van der Waals surface area (Å²) in [4.78, 5) is 11.9. The van der Waals surface area contributed by atoms with Gasteiger partial charge in [-0.25, -0.2) is 4.68 Å². The third kappa shape index (κ3) is 3.32. The van der Waals surface area contributed by atoms with Gasteiger partial charge in [-0.15, -0.1) is 0 Å². The lowest BCUT2D eigenvalue weighted by Crippen LogP contribution is -2.36. The zero-order valence-corrected chi connectivity index (χ0v) is 12.6. The molecular weight excluding hydrogens is 298 g/mol. The minimum atomic E-state index is -0.246. The molecule has 1 aromatic heterocycles. The van der Waals surface area contributed by atoms with Gasteiger partial charge < -0.3 is 10.4 Å². The maximum Gasteiger partial charge on any atom is 0.283 e. The lowest BCUT2D eigenvalue weighted by molar-refractivity contribution is 0.252. The van der Waals surface area contributed by atoms with Crippen molar-refractivity contribution in [1.29, 1.82) is 0 Å². The zero-order chi connectivity index (χ0) is 13.8. The van der Waals surface area contributed by atoms with Gasteiger partial charge >= 0.3 is 0 Å². The zero-order valence-electron chi connectivity index (χ0n) is 11.0. The number of hydrogen-bond donors (Lipinski definition) is 2. The number of nitrogens with one attached hydrogen (secondary N) is 1. The minimum Gasteiger partial charge on any atom is -0.396 e. The lowest BCUT2D eigenvalue weighted by Gasteiger charge is -2.30. The highest BCUT2D eigenvalue weighted by Crippen LogP contribution is 2.25. The second kappa shape index (κ2) is 6.33. The van der Waals surface area contributed by atoms with E-state index in [0.29, 0.717) is 23.1 Å². The summed E-state index contributed by atoms with van der Waals surface area (Å²) >= 11 is 3.31. The number of aliphatic hydroxyl groups excluding tert-OH is 1. The Morgan fingerprint density at radius 3 is 2.72 bits per heavy atom. The molecule has 0 aromatic carbocycles. The van der Waals surface area contributed by atoms with E-state index in [9.17, 15) is 4.79 Å². The molecule has 5 nitrogen and oxygen atoms in total. The van der Waals surface area contributed by atoms with Crippen molar-refractivity contribution < 1.29 is 5.11 Å². The fraction of sp³-hybridized carbons (Fsp3) is 0.667. The lowest BCUT2D eigenvalue weighted by atomic mass is 9.95. The molecule has 0 fully saturated rings. The van der Waals surface area contributed by atoms with Crippen molar-refractivity contribution in [3.63, 3.8) is 0 Å². The van der Waals surface area contributed by atoms with Crippen LogP contribution in [-0.2, 0) is 6.54 Å². The Morgan fingerprint density at radius 2 is 2.22 bits per heavy atom. The molecule has 102 valence electrons. The van der Waals surface area contributed by atoms with Crippen LogP contribution < -0.4 is 10.9 Å². The number of halogens is 1. The third-order valence-corrected chi connectivity index (χ3v) is 3.93. The number of nitrogens with zero attached hydrogens (tertiary/aromatic N) is 2. The average molecular weight is 318 g/mol. The molecule has 1 aromatic rings. The molecule has 0 saturated carbocycles. The van der Waals surface area contributed by atoms with Gasteiger partial charge in [0.1, 0.15) is 4.47 Å². The molecule has 2 N–H and O–H groups in total. The standard InChI is InChI=1S/C12H20BrN3O2/c1-4-12(3,6-7-17)15-9-8-14-16(5-2)11(18)10(9)13/h8,15,17H,4-7H2,1-3H3. The predicted molar refractivity (Wildman–Crippen MR) is 75.9 cm³/mol. The number of hydrogen-bond acceptors (Lipinski definition) is 4. The fourth-order valence-electron chi connectivity index (χ4n) is 1.68. The molecule has 6 heteroatoms. The molecule has 0 aliphatic heterocycles. The van der Waals surface area contributed by atoms with Gasteiger partial charge in [0.15, 0.2) is 0 Å². The van der Waals surface area contributed by atoms with Crippen LogP contribution in [-0.4, -0.2) is 27.0 Å². The summed E-state index contributed by atoms with van der Waals surface area (Å²) in [5.74, 6) is 0. The van der Waals surface area contributed by atoms with E-state index >= 15 is 0 Å². The molecule has 1 unspecified atom stereocenters. The van der Waals surface area contributed by atoms with E-state index in [4.69, 9.17) is 5.11 Å². The van der Waals surface area contributed by atoms with Crippen LogP contribution in [0.4, 0.5) is 5.69 Å². The van der Waals surface area contributed by atoms with Gasteiger partial charge in [0.25, 0.3) is 5.56 Å². The number of aliphatic hydroxyl groups is 1. The number of aromatic nitrogens is 2. The predicted octanol–water partition coefficient (Wildman–Crippen LogP) is 1.99. The first-order valence-corrected chi connectivity index (χ1v) is 6.91. The Bertz CT molecular complexity index is 461. The summed E-state index contributed by atoms with van der Waals surface area (Å²) in [7, 11) is 0. The van der Waals surface area contributed by atoms with E-state index in [2.05, 4.69) is 26.3 Å². The average Bonchev–Trinajstić information content (AvgIpc) is 2.36. The number of aryl methyl sites for hydroxylation is 1. The van der Waals surface area contributed by atoms with Gasteiger partial charge in [-0.2, -0.15) is 5.10 Å². The first-order valence-electron chi connectivity index (χ1n) is 6.12. The van der Waals surface area contributed by atoms with Crippen molar-refractivity contribution in [2.45, 2.75) is 45.7 Å². The minimum absolute atomic E-state index is 0.106. The van der Waals surface area contributed by atoms with Gasteiger partial charge in [-0.05, 0) is 42.6 Å². The molecule has 1 atom stereocenters. The van der Waals surface area contributed by atoms with Crippen LogP contribution in [0.15, 0.2) is 15.5 Å². The van der Waals surface area contributed by atoms with Crippen LogP contribution in [0.25, 0.3) is 0 Å². The molecule has 0 amide bonds. The Labute approximate surface area is 115 Å². The van der Waals surface area contributed by atoms with E-state index in [1.807, 2.05) is 20.8 Å². The van der Waals surface area contributed by atoms with Crippen molar-refractivity contribution in [1.82, 2.24) is 9.78 Å². The number of rotatable bonds is 6. The highest BCUT2D eigenvalue weighted by molar-refractivity contribution is 9.10. The molecule has 0 aliphatic rings. The monoisotopic (exact) mass is 317 g/mol. The normalized spacial score (nSPS) is 14.3. The second-order valence-electron chi connectivity index (χ2n) is 4.51. The third-order valence-electron chi connectivity index (χ3n) is 3.16. The molecule has 1 heterocycles. The molecule has 1 rings (SSSR count). The molecular formula is C12H20BrN3O2. The van der Waals surface area contributed by atoms with Gasteiger partial charge in [-0.3, -0.25) is 4.79 Å². The fourth-order valence-corrected chi connectivity index (χ4v) is 2.08. The molecule has 18 heavy (non-hydrogen) atoms. The first kappa shape index (κ1) is 15.2. The van der Waals surface area contributed by atoms with Gasteiger partial charge in [0, 0.05) is 18.7 Å². The van der Waals surface area contributed by atoms with Crippen molar-refractivity contribution in [3.8, 4) is 0 Å². The van der Waals surface area contributed by atoms with Gasteiger partial charge in [-0.1, -0.05) is 6.92 Å². The summed E-state index contributed by atoms with van der Waals surface area (Å²) in [6.07, 6.45) is 3.10. The summed E-state index contributed by atoms with van der Waals surface area (Å²) in [5, 5.41) is 16.5. The van der Waals surface area contributed by atoms with Crippen LogP contribution in [0.5, 0.6) is 0 Å². The highest BCUT2D eigenvalue weighted by Gasteiger charge is 2.23. The number of anilines is 1. The highest BCUT2D eigenvalue weighted by atomic mass is 79.9. The Balaban J connectivity index is 3.05. The maximum absolute atomic E-state index is 11.9.